The van der Waals surface area contributed by atoms with Crippen LogP contribution in [0, 0.1) is 0 Å². The molecule has 116 valence electrons. The number of piperidine rings is 1. The molecule has 1 aromatic heterocycles. The minimum Gasteiger partial charge on any atom is -0.479 e. The molecule has 1 aliphatic heterocycles. The molecule has 21 heavy (non-hydrogen) atoms. The summed E-state index contributed by atoms with van der Waals surface area (Å²) in [6.07, 6.45) is 1.48. The van der Waals surface area contributed by atoms with E-state index in [0.717, 1.165) is 18.7 Å². The van der Waals surface area contributed by atoms with E-state index >= 15 is 0 Å². The van der Waals surface area contributed by atoms with Crippen LogP contribution in [0.25, 0.3) is 0 Å². The van der Waals surface area contributed by atoms with Crippen molar-refractivity contribution in [3.8, 4) is 5.88 Å². The van der Waals surface area contributed by atoms with E-state index < -0.39 is 0 Å². The zero-order chi connectivity index (χ0) is 15.2. The topological polar surface area (TPSA) is 89.7 Å². The van der Waals surface area contributed by atoms with Crippen LogP contribution in [0.15, 0.2) is 12.1 Å². The Morgan fingerprint density at radius 2 is 2.19 bits per heavy atom. The van der Waals surface area contributed by atoms with E-state index in [0.29, 0.717) is 31.3 Å². The van der Waals surface area contributed by atoms with Gasteiger partial charge in [-0.2, -0.15) is 4.98 Å². The number of nitrogens with two attached hydrogens (primary N) is 1. The monoisotopic (exact) mass is 294 g/mol. The zero-order valence-corrected chi connectivity index (χ0v) is 12.5. The summed E-state index contributed by atoms with van der Waals surface area (Å²) in [7, 11) is 1.54. The first-order valence-electron chi connectivity index (χ1n) is 7.12. The number of nitrogen functional groups attached to an aromatic ring is 1. The quantitative estimate of drug-likeness (QED) is 0.878. The minimum absolute atomic E-state index is 0.233. The van der Waals surface area contributed by atoms with Crippen molar-refractivity contribution in [3.05, 3.63) is 12.1 Å². The average Bonchev–Trinajstić information content (AvgIpc) is 2.50. The number of aromatic nitrogens is 1. The number of likely N-dealkylation sites (tertiary alicyclic amines) is 1. The Morgan fingerprint density at radius 3 is 2.81 bits per heavy atom. The van der Waals surface area contributed by atoms with E-state index in [1.54, 1.807) is 18.1 Å². The van der Waals surface area contributed by atoms with E-state index in [2.05, 4.69) is 10.3 Å². The van der Waals surface area contributed by atoms with Crippen molar-refractivity contribution in [1.29, 1.82) is 0 Å². The highest BCUT2D eigenvalue weighted by atomic mass is 16.6. The lowest BCUT2D eigenvalue weighted by Crippen LogP contribution is -2.42. The number of anilines is 2. The van der Waals surface area contributed by atoms with Crippen LogP contribution in [0.2, 0.25) is 0 Å². The molecule has 1 fully saturated rings. The Morgan fingerprint density at radius 1 is 1.48 bits per heavy atom. The van der Waals surface area contributed by atoms with Gasteiger partial charge in [0.05, 0.1) is 19.4 Å². The van der Waals surface area contributed by atoms with Gasteiger partial charge in [0.15, 0.2) is 0 Å². The smallest absolute Gasteiger partial charge is 0.409 e. The zero-order valence-electron chi connectivity index (χ0n) is 12.5. The number of carbonyl (C=O) groups excluding carboxylic acids is 1. The molecule has 0 bridgehead atoms. The third-order valence-electron chi connectivity index (χ3n) is 3.46. The van der Waals surface area contributed by atoms with Crippen molar-refractivity contribution in [2.45, 2.75) is 25.8 Å². The lowest BCUT2D eigenvalue weighted by atomic mass is 10.1. The summed E-state index contributed by atoms with van der Waals surface area (Å²) >= 11 is 0. The van der Waals surface area contributed by atoms with Crippen LogP contribution in [0.1, 0.15) is 19.8 Å². The fraction of sp³-hybridized carbons (Fsp3) is 0.571. The van der Waals surface area contributed by atoms with E-state index in [1.165, 1.54) is 0 Å². The number of rotatable bonds is 4. The number of nitrogens with zero attached hydrogens (tertiary/aromatic N) is 2. The van der Waals surface area contributed by atoms with Gasteiger partial charge in [-0.15, -0.1) is 0 Å². The van der Waals surface area contributed by atoms with Crippen LogP contribution in [-0.2, 0) is 4.74 Å². The van der Waals surface area contributed by atoms with E-state index in [-0.39, 0.29) is 12.1 Å². The van der Waals surface area contributed by atoms with E-state index in [1.807, 2.05) is 13.0 Å². The summed E-state index contributed by atoms with van der Waals surface area (Å²) < 4.78 is 10.1. The van der Waals surface area contributed by atoms with Gasteiger partial charge >= 0.3 is 6.09 Å². The Kier molecular flexibility index (Phi) is 5.08. The maximum Gasteiger partial charge on any atom is 0.409 e. The molecular formula is C14H22N4O3. The van der Waals surface area contributed by atoms with Gasteiger partial charge in [-0.25, -0.2) is 4.79 Å². The Bertz CT molecular complexity index is 487. The van der Waals surface area contributed by atoms with Gasteiger partial charge in [-0.05, 0) is 31.9 Å². The Labute approximate surface area is 124 Å². The maximum atomic E-state index is 11.6. The molecular weight excluding hydrogens is 272 g/mol. The molecule has 1 amide bonds. The number of carbonyl (C=O) groups is 1. The molecule has 0 radical (unpaired) electrons. The first kappa shape index (κ1) is 15.2. The molecule has 7 heteroatoms. The first-order valence-corrected chi connectivity index (χ1v) is 7.12. The highest BCUT2D eigenvalue weighted by Crippen LogP contribution is 2.22. The van der Waals surface area contributed by atoms with Crippen LogP contribution >= 0.6 is 0 Å². The van der Waals surface area contributed by atoms with Crippen LogP contribution < -0.4 is 15.8 Å². The number of amides is 1. The van der Waals surface area contributed by atoms with Crippen molar-refractivity contribution >= 4 is 17.6 Å². The number of hydrogen-bond acceptors (Lipinski definition) is 6. The van der Waals surface area contributed by atoms with Gasteiger partial charge in [0, 0.05) is 19.1 Å². The molecule has 2 heterocycles. The lowest BCUT2D eigenvalue weighted by molar-refractivity contribution is 0.0983. The average molecular weight is 294 g/mol. The van der Waals surface area contributed by atoms with Crippen LogP contribution in [0.4, 0.5) is 16.3 Å². The normalized spacial score (nSPS) is 15.6. The third kappa shape index (κ3) is 3.90. The van der Waals surface area contributed by atoms with Crippen molar-refractivity contribution < 1.29 is 14.3 Å². The summed E-state index contributed by atoms with van der Waals surface area (Å²) in [5, 5.41) is 3.35. The van der Waals surface area contributed by atoms with Gasteiger partial charge in [-0.1, -0.05) is 0 Å². The molecule has 0 atom stereocenters. The second kappa shape index (κ2) is 7.01. The predicted molar refractivity (Wildman–Crippen MR) is 80.4 cm³/mol. The summed E-state index contributed by atoms with van der Waals surface area (Å²) in [5.41, 5.74) is 6.25. The molecule has 1 saturated heterocycles. The Balaban J connectivity index is 1.87. The molecule has 0 saturated carbocycles. The second-order valence-electron chi connectivity index (χ2n) is 4.90. The van der Waals surface area contributed by atoms with Crippen molar-refractivity contribution in [1.82, 2.24) is 9.88 Å². The van der Waals surface area contributed by atoms with Crippen molar-refractivity contribution in [3.63, 3.8) is 0 Å². The number of pyridine rings is 1. The SMILES string of the molecule is CCOC(=O)N1CCC(Nc2ccc(N)c(OC)n2)CC1. The minimum atomic E-state index is -0.233. The summed E-state index contributed by atoms with van der Waals surface area (Å²) in [4.78, 5) is 17.7. The molecule has 0 spiro atoms. The Hall–Kier alpha value is -2.18. The lowest BCUT2D eigenvalue weighted by Gasteiger charge is -2.31. The number of hydrogen-bond donors (Lipinski definition) is 2. The molecule has 0 aliphatic carbocycles. The number of ether oxygens (including phenoxy) is 2. The van der Waals surface area contributed by atoms with Gasteiger partial charge in [0.25, 0.3) is 0 Å². The van der Waals surface area contributed by atoms with Gasteiger partial charge in [0.2, 0.25) is 5.88 Å². The van der Waals surface area contributed by atoms with E-state index in [9.17, 15) is 4.79 Å². The predicted octanol–water partition coefficient (Wildman–Crippen LogP) is 1.71. The molecule has 7 nitrogen and oxygen atoms in total. The van der Waals surface area contributed by atoms with Crippen molar-refractivity contribution in [2.24, 2.45) is 0 Å². The molecule has 0 unspecified atom stereocenters. The molecule has 0 aromatic carbocycles. The number of nitrogens with one attached hydrogen (secondary N) is 1. The van der Waals surface area contributed by atoms with Gasteiger partial charge in [-0.3, -0.25) is 0 Å². The van der Waals surface area contributed by atoms with Gasteiger partial charge < -0.3 is 25.4 Å². The standard InChI is InChI=1S/C14H22N4O3/c1-3-21-14(19)18-8-6-10(7-9-18)16-12-5-4-11(15)13(17-12)20-2/h4-5,10H,3,6-9,15H2,1-2H3,(H,16,17). The second-order valence-corrected chi connectivity index (χ2v) is 4.90. The highest BCUT2D eigenvalue weighted by Gasteiger charge is 2.23. The molecule has 3 N–H and O–H groups in total. The van der Waals surface area contributed by atoms with E-state index in [4.69, 9.17) is 15.2 Å². The third-order valence-corrected chi connectivity index (χ3v) is 3.46. The summed E-state index contributed by atoms with van der Waals surface area (Å²) in [6.45, 7) is 3.59. The largest absolute Gasteiger partial charge is 0.479 e. The first-order chi connectivity index (χ1) is 10.1. The fourth-order valence-electron chi connectivity index (χ4n) is 2.33. The highest BCUT2D eigenvalue weighted by molar-refractivity contribution is 5.67. The maximum absolute atomic E-state index is 11.6. The molecule has 2 rings (SSSR count). The molecule has 1 aromatic rings. The van der Waals surface area contributed by atoms with Crippen LogP contribution in [0.3, 0.4) is 0 Å². The summed E-state index contributed by atoms with van der Waals surface area (Å²) in [6, 6.07) is 3.87. The van der Waals surface area contributed by atoms with Gasteiger partial charge in [0.1, 0.15) is 5.82 Å². The fourth-order valence-corrected chi connectivity index (χ4v) is 2.33. The van der Waals surface area contributed by atoms with Crippen LogP contribution in [-0.4, -0.2) is 48.8 Å². The summed E-state index contributed by atoms with van der Waals surface area (Å²) in [5.74, 6) is 1.15. The molecule has 1 aliphatic rings. The van der Waals surface area contributed by atoms with Crippen molar-refractivity contribution in [2.75, 3.05) is 37.9 Å². The number of methoxy groups -OCH3 is 1. The van der Waals surface area contributed by atoms with Crippen LogP contribution in [0.5, 0.6) is 5.88 Å².